The smallest absolute Gasteiger partial charge is 0.00258 e. The molecule has 0 aliphatic rings. The molecule has 0 saturated heterocycles. The Labute approximate surface area is 158 Å². The second-order valence-electron chi connectivity index (χ2n) is 8.32. The molecule has 134 valence electrons. The van der Waals surface area contributed by atoms with Gasteiger partial charge in [-0.05, 0) is 52.0 Å². The van der Waals surface area contributed by atoms with E-state index in [0.29, 0.717) is 5.92 Å². The molecule has 0 aromatic heterocycles. The number of benzene rings is 3. The van der Waals surface area contributed by atoms with Crippen LogP contribution in [0, 0.1) is 0 Å². The van der Waals surface area contributed by atoms with Gasteiger partial charge in [-0.15, -0.1) is 0 Å². The SMILES string of the molecule is CC(C)c1ccc(Cc2ccc(C(C)(C)Cc3ccccc3)cc2)cc1. The monoisotopic (exact) mass is 342 g/mol. The van der Waals surface area contributed by atoms with Crippen LogP contribution in [0.25, 0.3) is 0 Å². The van der Waals surface area contributed by atoms with Crippen molar-refractivity contribution in [2.45, 2.75) is 51.9 Å². The van der Waals surface area contributed by atoms with Gasteiger partial charge in [0.25, 0.3) is 0 Å². The van der Waals surface area contributed by atoms with Crippen LogP contribution in [0.15, 0.2) is 78.9 Å². The maximum absolute atomic E-state index is 2.33. The van der Waals surface area contributed by atoms with Crippen molar-refractivity contribution < 1.29 is 0 Å². The van der Waals surface area contributed by atoms with E-state index in [-0.39, 0.29) is 5.41 Å². The molecule has 0 spiro atoms. The molecular formula is C26H30. The van der Waals surface area contributed by atoms with Crippen molar-refractivity contribution in [1.29, 1.82) is 0 Å². The summed E-state index contributed by atoms with van der Waals surface area (Å²) in [4.78, 5) is 0. The van der Waals surface area contributed by atoms with E-state index in [2.05, 4.69) is 107 Å². The number of hydrogen-bond donors (Lipinski definition) is 0. The Morgan fingerprint density at radius 3 is 1.73 bits per heavy atom. The van der Waals surface area contributed by atoms with Crippen LogP contribution in [0.2, 0.25) is 0 Å². The van der Waals surface area contributed by atoms with Gasteiger partial charge in [-0.25, -0.2) is 0 Å². The molecule has 0 saturated carbocycles. The van der Waals surface area contributed by atoms with E-state index in [1.807, 2.05) is 0 Å². The summed E-state index contributed by atoms with van der Waals surface area (Å²) in [6.07, 6.45) is 2.06. The Balaban J connectivity index is 1.69. The maximum atomic E-state index is 2.33. The zero-order valence-electron chi connectivity index (χ0n) is 16.5. The molecule has 0 heterocycles. The molecule has 0 atom stereocenters. The van der Waals surface area contributed by atoms with Crippen molar-refractivity contribution in [3.63, 3.8) is 0 Å². The van der Waals surface area contributed by atoms with Gasteiger partial charge in [-0.1, -0.05) is 107 Å². The van der Waals surface area contributed by atoms with Gasteiger partial charge in [0, 0.05) is 0 Å². The minimum atomic E-state index is 0.138. The van der Waals surface area contributed by atoms with Gasteiger partial charge in [0.1, 0.15) is 0 Å². The van der Waals surface area contributed by atoms with Gasteiger partial charge in [0.05, 0.1) is 0 Å². The lowest BCUT2D eigenvalue weighted by Gasteiger charge is -2.26. The molecule has 3 aromatic carbocycles. The van der Waals surface area contributed by atoms with E-state index >= 15 is 0 Å². The van der Waals surface area contributed by atoms with Gasteiger partial charge in [-0.3, -0.25) is 0 Å². The summed E-state index contributed by atoms with van der Waals surface area (Å²) in [5.41, 5.74) is 7.10. The van der Waals surface area contributed by atoms with Crippen LogP contribution in [-0.2, 0) is 18.3 Å². The predicted molar refractivity (Wildman–Crippen MR) is 113 cm³/mol. The summed E-state index contributed by atoms with van der Waals surface area (Å²) in [6, 6.07) is 29.0. The third-order valence-electron chi connectivity index (χ3n) is 5.28. The molecule has 0 nitrogen and oxygen atoms in total. The molecule has 0 heteroatoms. The average molecular weight is 343 g/mol. The molecular weight excluding hydrogens is 312 g/mol. The average Bonchev–Trinajstić information content (AvgIpc) is 2.63. The molecule has 0 N–H and O–H groups in total. The van der Waals surface area contributed by atoms with Gasteiger partial charge in [-0.2, -0.15) is 0 Å². The van der Waals surface area contributed by atoms with E-state index in [4.69, 9.17) is 0 Å². The molecule has 3 aromatic rings. The predicted octanol–water partition coefficient (Wildman–Crippen LogP) is 6.92. The Kier molecular flexibility index (Phi) is 5.61. The van der Waals surface area contributed by atoms with Gasteiger partial charge in [0.2, 0.25) is 0 Å². The first-order valence-electron chi connectivity index (χ1n) is 9.66. The van der Waals surface area contributed by atoms with Crippen LogP contribution >= 0.6 is 0 Å². The van der Waals surface area contributed by atoms with Crippen molar-refractivity contribution in [3.05, 3.63) is 107 Å². The van der Waals surface area contributed by atoms with E-state index < -0.39 is 0 Å². The summed E-state index contributed by atoms with van der Waals surface area (Å²) in [5, 5.41) is 0. The van der Waals surface area contributed by atoms with Crippen molar-refractivity contribution >= 4 is 0 Å². The third kappa shape index (κ3) is 4.64. The highest BCUT2D eigenvalue weighted by molar-refractivity contribution is 5.34. The topological polar surface area (TPSA) is 0 Å². The van der Waals surface area contributed by atoms with Crippen LogP contribution < -0.4 is 0 Å². The summed E-state index contributed by atoms with van der Waals surface area (Å²) in [6.45, 7) is 9.15. The van der Waals surface area contributed by atoms with Crippen molar-refractivity contribution in [3.8, 4) is 0 Å². The van der Waals surface area contributed by atoms with Crippen LogP contribution in [0.5, 0.6) is 0 Å². The first-order valence-corrected chi connectivity index (χ1v) is 9.66. The Morgan fingerprint density at radius 2 is 1.19 bits per heavy atom. The lowest BCUT2D eigenvalue weighted by Crippen LogP contribution is -2.20. The van der Waals surface area contributed by atoms with E-state index in [0.717, 1.165) is 12.8 Å². The first kappa shape index (κ1) is 18.5. The highest BCUT2D eigenvalue weighted by Crippen LogP contribution is 2.28. The second kappa shape index (κ2) is 7.91. The largest absolute Gasteiger partial charge is 0.0622 e. The van der Waals surface area contributed by atoms with Crippen LogP contribution in [0.3, 0.4) is 0 Å². The standard InChI is InChI=1S/C26H30/c1-20(2)24-14-10-21(11-15-24)18-22-12-16-25(17-13-22)26(3,4)19-23-8-6-5-7-9-23/h5-17,20H,18-19H2,1-4H3. The zero-order chi connectivity index (χ0) is 18.6. The molecule has 0 fully saturated rings. The highest BCUT2D eigenvalue weighted by Gasteiger charge is 2.20. The highest BCUT2D eigenvalue weighted by atomic mass is 14.2. The van der Waals surface area contributed by atoms with E-state index in [1.54, 1.807) is 0 Å². The third-order valence-corrected chi connectivity index (χ3v) is 5.28. The van der Waals surface area contributed by atoms with Crippen molar-refractivity contribution in [2.75, 3.05) is 0 Å². The van der Waals surface area contributed by atoms with E-state index in [1.165, 1.54) is 27.8 Å². The molecule has 0 unspecified atom stereocenters. The fraction of sp³-hybridized carbons (Fsp3) is 0.308. The lowest BCUT2D eigenvalue weighted by molar-refractivity contribution is 0.522. The normalized spacial score (nSPS) is 11.7. The summed E-state index contributed by atoms with van der Waals surface area (Å²) >= 11 is 0. The minimum absolute atomic E-state index is 0.138. The van der Waals surface area contributed by atoms with Gasteiger partial charge < -0.3 is 0 Å². The van der Waals surface area contributed by atoms with Gasteiger partial charge in [0.15, 0.2) is 0 Å². The van der Waals surface area contributed by atoms with E-state index in [9.17, 15) is 0 Å². The van der Waals surface area contributed by atoms with Crippen LogP contribution in [-0.4, -0.2) is 0 Å². The Hall–Kier alpha value is -2.34. The second-order valence-corrected chi connectivity index (χ2v) is 8.32. The molecule has 0 aliphatic heterocycles. The molecule has 0 aliphatic carbocycles. The Bertz CT molecular complexity index is 806. The van der Waals surface area contributed by atoms with Crippen LogP contribution in [0.1, 0.15) is 61.4 Å². The van der Waals surface area contributed by atoms with Crippen molar-refractivity contribution in [1.82, 2.24) is 0 Å². The minimum Gasteiger partial charge on any atom is -0.0622 e. The molecule has 0 amide bonds. The number of hydrogen-bond acceptors (Lipinski definition) is 0. The lowest BCUT2D eigenvalue weighted by atomic mass is 9.79. The molecule has 3 rings (SSSR count). The fourth-order valence-electron chi connectivity index (χ4n) is 3.54. The number of rotatable bonds is 6. The summed E-state index contributed by atoms with van der Waals surface area (Å²) < 4.78 is 0. The quantitative estimate of drug-likeness (QED) is 0.456. The molecule has 26 heavy (non-hydrogen) atoms. The molecule has 0 radical (unpaired) electrons. The first-order chi connectivity index (χ1) is 12.4. The summed E-state index contributed by atoms with van der Waals surface area (Å²) in [7, 11) is 0. The zero-order valence-corrected chi connectivity index (χ0v) is 16.5. The summed E-state index contributed by atoms with van der Waals surface area (Å²) in [5.74, 6) is 0.593. The fourth-order valence-corrected chi connectivity index (χ4v) is 3.54. The maximum Gasteiger partial charge on any atom is -0.00258 e. The molecule has 0 bridgehead atoms. The van der Waals surface area contributed by atoms with Gasteiger partial charge >= 0.3 is 0 Å². The van der Waals surface area contributed by atoms with Crippen LogP contribution in [0.4, 0.5) is 0 Å². The Morgan fingerprint density at radius 1 is 0.654 bits per heavy atom. The van der Waals surface area contributed by atoms with Crippen molar-refractivity contribution in [2.24, 2.45) is 0 Å².